The quantitative estimate of drug-likeness (QED) is 0.673. The Morgan fingerprint density at radius 2 is 2.39 bits per heavy atom. The molecule has 0 aromatic carbocycles. The fourth-order valence-corrected chi connectivity index (χ4v) is 2.85. The number of hydrogen-bond acceptors (Lipinski definition) is 6. The zero-order valence-electron chi connectivity index (χ0n) is 9.79. The van der Waals surface area contributed by atoms with Gasteiger partial charge in [0.25, 0.3) is 5.91 Å². The summed E-state index contributed by atoms with van der Waals surface area (Å²) in [4.78, 5) is 15.7. The van der Waals surface area contributed by atoms with Gasteiger partial charge >= 0.3 is 0 Å². The molecule has 5 nitrogen and oxygen atoms in total. The summed E-state index contributed by atoms with van der Waals surface area (Å²) in [6, 6.07) is 3.42. The highest BCUT2D eigenvalue weighted by Gasteiger charge is 2.10. The van der Waals surface area contributed by atoms with Crippen LogP contribution in [0.3, 0.4) is 0 Å². The molecule has 18 heavy (non-hydrogen) atoms. The van der Waals surface area contributed by atoms with Gasteiger partial charge < -0.3 is 0 Å². The molecule has 0 aliphatic heterocycles. The maximum atomic E-state index is 11.8. The summed E-state index contributed by atoms with van der Waals surface area (Å²) in [6.07, 6.45) is 4.23. The van der Waals surface area contributed by atoms with Crippen molar-refractivity contribution in [1.29, 1.82) is 0 Å². The molecule has 0 saturated carbocycles. The molecule has 0 atom stereocenters. The summed E-state index contributed by atoms with van der Waals surface area (Å²) in [5.74, 6) is 0.789. The van der Waals surface area contributed by atoms with Crippen LogP contribution in [0.2, 0.25) is 0 Å². The number of aromatic nitrogens is 3. The Bertz CT molecular complexity index is 515. The van der Waals surface area contributed by atoms with Crippen molar-refractivity contribution in [3.8, 4) is 0 Å². The third-order valence-corrected chi connectivity index (χ3v) is 4.16. The molecular formula is C11H12N4OS2. The van der Waals surface area contributed by atoms with Crippen molar-refractivity contribution in [2.75, 3.05) is 11.1 Å². The van der Waals surface area contributed by atoms with Gasteiger partial charge in [-0.05, 0) is 18.6 Å². The van der Waals surface area contributed by atoms with Crippen LogP contribution in [0, 0.1) is 0 Å². The normalized spacial score (nSPS) is 10.3. The van der Waals surface area contributed by atoms with E-state index in [0.717, 1.165) is 16.5 Å². The smallest absolute Gasteiger partial charge is 0.259 e. The fraction of sp³-hybridized carbons (Fsp3) is 0.273. The summed E-state index contributed by atoms with van der Waals surface area (Å²) in [7, 11) is 0. The Hall–Kier alpha value is -1.47. The van der Waals surface area contributed by atoms with E-state index in [1.165, 1.54) is 17.5 Å². The van der Waals surface area contributed by atoms with Crippen LogP contribution < -0.4 is 5.32 Å². The van der Waals surface area contributed by atoms with Gasteiger partial charge in [-0.2, -0.15) is 0 Å². The third-order valence-electron chi connectivity index (χ3n) is 1.98. The molecule has 94 valence electrons. The molecule has 2 aromatic heterocycles. The zero-order valence-corrected chi connectivity index (χ0v) is 11.4. The summed E-state index contributed by atoms with van der Waals surface area (Å²) in [5.41, 5.74) is 0.510. The molecule has 0 saturated heterocycles. The second-order valence-electron chi connectivity index (χ2n) is 3.42. The van der Waals surface area contributed by atoms with Gasteiger partial charge in [0.15, 0.2) is 4.34 Å². The molecule has 1 amide bonds. The Morgan fingerprint density at radius 3 is 3.11 bits per heavy atom. The molecule has 2 rings (SSSR count). The SMILES string of the molecule is CCCSc1nnc(NC(=O)c2cccnc2)s1. The molecule has 0 unspecified atom stereocenters. The minimum absolute atomic E-state index is 0.216. The summed E-state index contributed by atoms with van der Waals surface area (Å²) < 4.78 is 0.873. The highest BCUT2D eigenvalue weighted by atomic mass is 32.2. The fourth-order valence-electron chi connectivity index (χ4n) is 1.17. The first kappa shape index (κ1) is 13.0. The second kappa shape index (κ2) is 6.46. The van der Waals surface area contributed by atoms with E-state index in [9.17, 15) is 4.79 Å². The third kappa shape index (κ3) is 3.51. The Balaban J connectivity index is 1.97. The highest BCUT2D eigenvalue weighted by molar-refractivity contribution is 8.01. The number of nitrogens with one attached hydrogen (secondary N) is 1. The molecule has 0 fully saturated rings. The maximum absolute atomic E-state index is 11.8. The van der Waals surface area contributed by atoms with Crippen LogP contribution in [-0.4, -0.2) is 26.8 Å². The van der Waals surface area contributed by atoms with Crippen molar-refractivity contribution < 1.29 is 4.79 Å². The number of amides is 1. The largest absolute Gasteiger partial charge is 0.296 e. The van der Waals surface area contributed by atoms with Gasteiger partial charge in [-0.15, -0.1) is 10.2 Å². The number of rotatable bonds is 5. The van der Waals surface area contributed by atoms with E-state index >= 15 is 0 Å². The highest BCUT2D eigenvalue weighted by Crippen LogP contribution is 2.25. The van der Waals surface area contributed by atoms with Crippen LogP contribution >= 0.6 is 23.1 Å². The van der Waals surface area contributed by atoms with Crippen LogP contribution in [0.5, 0.6) is 0 Å². The number of nitrogens with zero attached hydrogens (tertiary/aromatic N) is 3. The molecule has 1 N–H and O–H groups in total. The molecule has 0 aliphatic carbocycles. The number of hydrogen-bond donors (Lipinski definition) is 1. The van der Waals surface area contributed by atoms with Gasteiger partial charge in [0.1, 0.15) is 0 Å². The van der Waals surface area contributed by atoms with E-state index in [1.807, 2.05) is 0 Å². The van der Waals surface area contributed by atoms with Gasteiger partial charge in [-0.3, -0.25) is 15.1 Å². The first-order valence-corrected chi connectivity index (χ1v) is 7.27. The number of anilines is 1. The molecular weight excluding hydrogens is 268 g/mol. The summed E-state index contributed by atoms with van der Waals surface area (Å²) in [5, 5.41) is 11.2. The lowest BCUT2D eigenvalue weighted by atomic mass is 10.3. The van der Waals surface area contributed by atoms with Gasteiger partial charge in [0.05, 0.1) is 5.56 Å². The Labute approximate surface area is 113 Å². The average molecular weight is 280 g/mol. The van der Waals surface area contributed by atoms with Crippen molar-refractivity contribution in [1.82, 2.24) is 15.2 Å². The summed E-state index contributed by atoms with van der Waals surface area (Å²) >= 11 is 3.03. The van der Waals surface area contributed by atoms with Crippen LogP contribution in [0.1, 0.15) is 23.7 Å². The number of carbonyl (C=O) groups is 1. The lowest BCUT2D eigenvalue weighted by Gasteiger charge is -1.99. The second-order valence-corrected chi connectivity index (χ2v) is 5.74. The Morgan fingerprint density at radius 1 is 1.50 bits per heavy atom. The van der Waals surface area contributed by atoms with Crippen molar-refractivity contribution in [2.24, 2.45) is 0 Å². The monoisotopic (exact) mass is 280 g/mol. The van der Waals surface area contributed by atoms with E-state index < -0.39 is 0 Å². The molecule has 7 heteroatoms. The first-order chi connectivity index (χ1) is 8.79. The predicted molar refractivity (Wildman–Crippen MR) is 73.1 cm³/mol. The minimum atomic E-state index is -0.216. The topological polar surface area (TPSA) is 67.8 Å². The van der Waals surface area contributed by atoms with Crippen LogP contribution in [0.15, 0.2) is 28.9 Å². The lowest BCUT2D eigenvalue weighted by Crippen LogP contribution is -2.11. The number of thioether (sulfide) groups is 1. The van der Waals surface area contributed by atoms with Crippen LogP contribution in [0.25, 0.3) is 0 Å². The van der Waals surface area contributed by atoms with Gasteiger partial charge in [0.2, 0.25) is 5.13 Å². The van der Waals surface area contributed by atoms with Gasteiger partial charge in [-0.25, -0.2) is 0 Å². The van der Waals surface area contributed by atoms with Crippen molar-refractivity contribution >= 4 is 34.1 Å². The Kier molecular flexibility index (Phi) is 4.66. The minimum Gasteiger partial charge on any atom is -0.296 e. The van der Waals surface area contributed by atoms with Crippen molar-refractivity contribution in [2.45, 2.75) is 17.7 Å². The van der Waals surface area contributed by atoms with E-state index in [-0.39, 0.29) is 5.91 Å². The van der Waals surface area contributed by atoms with Gasteiger partial charge in [0, 0.05) is 18.1 Å². The first-order valence-electron chi connectivity index (χ1n) is 5.47. The van der Waals surface area contributed by atoms with Crippen LogP contribution in [-0.2, 0) is 0 Å². The van der Waals surface area contributed by atoms with Crippen molar-refractivity contribution in [3.63, 3.8) is 0 Å². The van der Waals surface area contributed by atoms with E-state index in [2.05, 4.69) is 27.4 Å². The maximum Gasteiger partial charge on any atom is 0.259 e. The average Bonchev–Trinajstić information content (AvgIpc) is 2.85. The van der Waals surface area contributed by atoms with E-state index in [0.29, 0.717) is 10.7 Å². The molecule has 0 radical (unpaired) electrons. The van der Waals surface area contributed by atoms with Crippen molar-refractivity contribution in [3.05, 3.63) is 30.1 Å². The standard InChI is InChI=1S/C11H12N4OS2/c1-2-6-17-11-15-14-10(18-11)13-9(16)8-4-3-5-12-7-8/h3-5,7H,2,6H2,1H3,(H,13,14,16). The van der Waals surface area contributed by atoms with E-state index in [4.69, 9.17) is 0 Å². The van der Waals surface area contributed by atoms with E-state index in [1.54, 1.807) is 30.1 Å². The van der Waals surface area contributed by atoms with Gasteiger partial charge in [-0.1, -0.05) is 30.0 Å². The molecule has 0 spiro atoms. The molecule has 0 bridgehead atoms. The molecule has 2 aromatic rings. The number of pyridine rings is 1. The zero-order chi connectivity index (χ0) is 12.8. The molecule has 0 aliphatic rings. The predicted octanol–water partition coefficient (Wildman–Crippen LogP) is 2.69. The number of carbonyl (C=O) groups excluding carboxylic acids is 1. The lowest BCUT2D eigenvalue weighted by molar-refractivity contribution is 0.102. The van der Waals surface area contributed by atoms with Crippen LogP contribution in [0.4, 0.5) is 5.13 Å². The molecule has 2 heterocycles. The summed E-state index contributed by atoms with van der Waals surface area (Å²) in [6.45, 7) is 2.11.